The van der Waals surface area contributed by atoms with Crippen molar-refractivity contribution in [3.63, 3.8) is 0 Å². The molecular formula is C13H18BrNO3. The number of furan rings is 1. The molecule has 0 unspecified atom stereocenters. The summed E-state index contributed by atoms with van der Waals surface area (Å²) >= 11 is 3.29. The van der Waals surface area contributed by atoms with Gasteiger partial charge in [-0.2, -0.15) is 0 Å². The number of esters is 1. The molecule has 1 atom stereocenters. The molecule has 0 aromatic carbocycles. The van der Waals surface area contributed by atoms with Crippen molar-refractivity contribution >= 4 is 21.9 Å². The number of hydrogen-bond donors (Lipinski definition) is 0. The lowest BCUT2D eigenvalue weighted by molar-refractivity contribution is -0.150. The van der Waals surface area contributed by atoms with Crippen LogP contribution in [0, 0.1) is 5.92 Å². The SMILES string of the molecule is CCOC(=O)[C@H]1CCCN(Cc2ccc(Br)o2)C1. The maximum Gasteiger partial charge on any atom is 0.310 e. The maximum atomic E-state index is 11.7. The van der Waals surface area contributed by atoms with E-state index in [9.17, 15) is 4.79 Å². The minimum atomic E-state index is -0.0668. The fraction of sp³-hybridized carbons (Fsp3) is 0.615. The second-order valence-electron chi connectivity index (χ2n) is 4.53. The van der Waals surface area contributed by atoms with Gasteiger partial charge in [0.25, 0.3) is 0 Å². The van der Waals surface area contributed by atoms with Crippen LogP contribution in [0.2, 0.25) is 0 Å². The zero-order valence-electron chi connectivity index (χ0n) is 10.5. The van der Waals surface area contributed by atoms with Gasteiger partial charge >= 0.3 is 5.97 Å². The van der Waals surface area contributed by atoms with Crippen LogP contribution in [0.15, 0.2) is 21.2 Å². The Bertz CT molecular complexity index is 405. The Morgan fingerprint density at radius 1 is 1.61 bits per heavy atom. The number of likely N-dealkylation sites (tertiary alicyclic amines) is 1. The number of ether oxygens (including phenoxy) is 1. The van der Waals surface area contributed by atoms with Crippen molar-refractivity contribution in [1.29, 1.82) is 0 Å². The van der Waals surface area contributed by atoms with Crippen molar-refractivity contribution in [2.75, 3.05) is 19.7 Å². The van der Waals surface area contributed by atoms with E-state index in [1.807, 2.05) is 19.1 Å². The molecule has 18 heavy (non-hydrogen) atoms. The first-order valence-electron chi connectivity index (χ1n) is 6.32. The topological polar surface area (TPSA) is 42.7 Å². The van der Waals surface area contributed by atoms with E-state index in [4.69, 9.17) is 9.15 Å². The van der Waals surface area contributed by atoms with Crippen molar-refractivity contribution in [1.82, 2.24) is 4.90 Å². The van der Waals surface area contributed by atoms with Crippen LogP contribution in [0.3, 0.4) is 0 Å². The van der Waals surface area contributed by atoms with Crippen LogP contribution in [0.1, 0.15) is 25.5 Å². The fourth-order valence-electron chi connectivity index (χ4n) is 2.31. The molecule has 0 radical (unpaired) electrons. The maximum absolute atomic E-state index is 11.7. The number of halogens is 1. The van der Waals surface area contributed by atoms with Crippen LogP contribution >= 0.6 is 15.9 Å². The van der Waals surface area contributed by atoms with Crippen molar-refractivity contribution in [3.05, 3.63) is 22.6 Å². The first-order valence-corrected chi connectivity index (χ1v) is 7.11. The smallest absolute Gasteiger partial charge is 0.310 e. The molecule has 1 saturated heterocycles. The first-order chi connectivity index (χ1) is 8.69. The van der Waals surface area contributed by atoms with Gasteiger partial charge in [-0.25, -0.2) is 0 Å². The summed E-state index contributed by atoms with van der Waals surface area (Å²) in [7, 11) is 0. The lowest BCUT2D eigenvalue weighted by atomic mass is 9.98. The van der Waals surface area contributed by atoms with Gasteiger partial charge in [0.15, 0.2) is 4.67 Å². The normalized spacial score (nSPS) is 20.9. The highest BCUT2D eigenvalue weighted by molar-refractivity contribution is 9.10. The van der Waals surface area contributed by atoms with E-state index in [0.29, 0.717) is 6.61 Å². The first kappa shape index (κ1) is 13.6. The standard InChI is InChI=1S/C13H18BrNO3/c1-2-17-13(16)10-4-3-7-15(8-10)9-11-5-6-12(14)18-11/h5-6,10H,2-4,7-9H2,1H3/t10-/m0/s1. The zero-order chi connectivity index (χ0) is 13.0. The van der Waals surface area contributed by atoms with Crippen LogP contribution in [-0.4, -0.2) is 30.6 Å². The molecule has 1 aromatic heterocycles. The molecule has 100 valence electrons. The van der Waals surface area contributed by atoms with Gasteiger partial charge in [0.05, 0.1) is 19.1 Å². The van der Waals surface area contributed by atoms with Crippen LogP contribution in [0.25, 0.3) is 0 Å². The van der Waals surface area contributed by atoms with E-state index < -0.39 is 0 Å². The van der Waals surface area contributed by atoms with E-state index >= 15 is 0 Å². The third kappa shape index (κ3) is 3.59. The number of nitrogens with zero attached hydrogens (tertiary/aromatic N) is 1. The Balaban J connectivity index is 1.88. The molecule has 1 aliphatic rings. The third-order valence-electron chi connectivity index (χ3n) is 3.13. The van der Waals surface area contributed by atoms with Gasteiger partial charge in [0.2, 0.25) is 0 Å². The Hall–Kier alpha value is -0.810. The summed E-state index contributed by atoms with van der Waals surface area (Å²) in [5.74, 6) is 0.867. The van der Waals surface area contributed by atoms with Crippen LogP contribution in [0.4, 0.5) is 0 Å². The molecule has 2 heterocycles. The molecule has 0 N–H and O–H groups in total. The second kappa shape index (κ2) is 6.38. The monoisotopic (exact) mass is 315 g/mol. The van der Waals surface area contributed by atoms with E-state index in [2.05, 4.69) is 20.8 Å². The van der Waals surface area contributed by atoms with Crippen molar-refractivity contribution in [2.45, 2.75) is 26.3 Å². The van der Waals surface area contributed by atoms with Crippen LogP contribution in [-0.2, 0) is 16.1 Å². The minimum absolute atomic E-state index is 0.0112. The van der Waals surface area contributed by atoms with Crippen LogP contribution < -0.4 is 0 Å². The molecule has 4 nitrogen and oxygen atoms in total. The molecule has 1 fully saturated rings. The third-order valence-corrected chi connectivity index (χ3v) is 3.56. The van der Waals surface area contributed by atoms with E-state index in [-0.39, 0.29) is 11.9 Å². The summed E-state index contributed by atoms with van der Waals surface area (Å²) in [5.41, 5.74) is 0. The molecule has 0 aliphatic carbocycles. The minimum Gasteiger partial charge on any atom is -0.466 e. The summed E-state index contributed by atoms with van der Waals surface area (Å²) in [5, 5.41) is 0. The molecule has 0 spiro atoms. The summed E-state index contributed by atoms with van der Waals surface area (Å²) < 4.78 is 11.3. The molecular weight excluding hydrogens is 298 g/mol. The van der Waals surface area contributed by atoms with Gasteiger partial charge in [-0.15, -0.1) is 0 Å². The largest absolute Gasteiger partial charge is 0.466 e. The number of piperidine rings is 1. The van der Waals surface area contributed by atoms with Gasteiger partial charge in [-0.1, -0.05) is 0 Å². The summed E-state index contributed by atoms with van der Waals surface area (Å²) in [4.78, 5) is 14.0. The van der Waals surface area contributed by atoms with Crippen LogP contribution in [0.5, 0.6) is 0 Å². The Kier molecular flexibility index (Phi) is 4.83. The Labute approximate surface area is 115 Å². The Morgan fingerprint density at radius 3 is 3.11 bits per heavy atom. The quantitative estimate of drug-likeness (QED) is 0.801. The molecule has 1 aliphatic heterocycles. The average molecular weight is 316 g/mol. The molecule has 1 aromatic rings. The fourth-order valence-corrected chi connectivity index (χ4v) is 2.65. The van der Waals surface area contributed by atoms with Gasteiger partial charge in [0, 0.05) is 6.54 Å². The van der Waals surface area contributed by atoms with Crippen molar-refractivity contribution in [3.8, 4) is 0 Å². The van der Waals surface area contributed by atoms with Crippen molar-refractivity contribution < 1.29 is 13.9 Å². The number of rotatable bonds is 4. The lowest BCUT2D eigenvalue weighted by Gasteiger charge is -2.30. The molecule has 2 rings (SSSR count). The second-order valence-corrected chi connectivity index (χ2v) is 5.31. The highest BCUT2D eigenvalue weighted by atomic mass is 79.9. The number of carbonyl (C=O) groups is 1. The van der Waals surface area contributed by atoms with Gasteiger partial charge in [0.1, 0.15) is 5.76 Å². The lowest BCUT2D eigenvalue weighted by Crippen LogP contribution is -2.38. The van der Waals surface area contributed by atoms with Gasteiger partial charge in [-0.3, -0.25) is 9.69 Å². The summed E-state index contributed by atoms with van der Waals surface area (Å²) in [6, 6.07) is 3.85. The zero-order valence-corrected chi connectivity index (χ0v) is 12.1. The number of hydrogen-bond acceptors (Lipinski definition) is 4. The Morgan fingerprint density at radius 2 is 2.44 bits per heavy atom. The predicted molar refractivity (Wildman–Crippen MR) is 71.0 cm³/mol. The molecule has 0 saturated carbocycles. The molecule has 5 heteroatoms. The van der Waals surface area contributed by atoms with Gasteiger partial charge < -0.3 is 9.15 Å². The summed E-state index contributed by atoms with van der Waals surface area (Å²) in [6.07, 6.45) is 1.96. The molecule has 0 bridgehead atoms. The summed E-state index contributed by atoms with van der Waals surface area (Å²) in [6.45, 7) is 4.83. The highest BCUT2D eigenvalue weighted by Gasteiger charge is 2.27. The van der Waals surface area contributed by atoms with E-state index in [0.717, 1.165) is 42.9 Å². The van der Waals surface area contributed by atoms with Gasteiger partial charge in [-0.05, 0) is 54.4 Å². The van der Waals surface area contributed by atoms with Crippen molar-refractivity contribution in [2.24, 2.45) is 5.92 Å². The number of carbonyl (C=O) groups excluding carboxylic acids is 1. The highest BCUT2D eigenvalue weighted by Crippen LogP contribution is 2.21. The van der Waals surface area contributed by atoms with E-state index in [1.54, 1.807) is 0 Å². The average Bonchev–Trinajstić information content (AvgIpc) is 2.75. The van der Waals surface area contributed by atoms with E-state index in [1.165, 1.54) is 0 Å². The predicted octanol–water partition coefficient (Wildman–Crippen LogP) is 2.82. The molecule has 0 amide bonds.